The number of rotatable bonds is 2. The Hall–Kier alpha value is -2.18. The first kappa shape index (κ1) is 13.8. The number of fused-ring (bicyclic) bond motifs is 1. The van der Waals surface area contributed by atoms with Crippen molar-refractivity contribution in [3.63, 3.8) is 0 Å². The number of thiocarbonyl (C=S) groups is 1. The van der Waals surface area contributed by atoms with Crippen LogP contribution in [0.25, 0.3) is 11.1 Å². The standard InChI is InChI=1S/C15H11NO3S2/c1-17-11-7-8-12-13(9-11)19-15(21)16(12)14(20)18-10-5-3-2-4-6-10/h2-9H,1H3. The van der Waals surface area contributed by atoms with Gasteiger partial charge in [0.25, 0.3) is 10.0 Å². The van der Waals surface area contributed by atoms with Gasteiger partial charge in [0.2, 0.25) is 0 Å². The number of benzene rings is 2. The third-order valence-corrected chi connectivity index (χ3v) is 3.45. The lowest BCUT2D eigenvalue weighted by atomic mass is 10.3. The zero-order valence-corrected chi connectivity index (χ0v) is 12.7. The van der Waals surface area contributed by atoms with Crippen LogP contribution < -0.4 is 9.47 Å². The van der Waals surface area contributed by atoms with E-state index >= 15 is 0 Å². The Kier molecular flexibility index (Phi) is 3.72. The lowest BCUT2D eigenvalue weighted by Gasteiger charge is -2.07. The molecule has 106 valence electrons. The van der Waals surface area contributed by atoms with Crippen molar-refractivity contribution in [3.05, 3.63) is 53.4 Å². The molecular weight excluding hydrogens is 306 g/mol. The van der Waals surface area contributed by atoms with Crippen LogP contribution in [0.5, 0.6) is 11.5 Å². The van der Waals surface area contributed by atoms with E-state index in [9.17, 15) is 0 Å². The number of hydrogen-bond donors (Lipinski definition) is 0. The Balaban J connectivity index is 2.02. The Bertz CT molecular complexity index is 852. The van der Waals surface area contributed by atoms with E-state index in [2.05, 4.69) is 0 Å². The maximum absolute atomic E-state index is 5.64. The molecule has 4 nitrogen and oxygen atoms in total. The van der Waals surface area contributed by atoms with E-state index in [1.807, 2.05) is 42.5 Å². The fraction of sp³-hybridized carbons (Fsp3) is 0.0667. The molecule has 0 radical (unpaired) electrons. The minimum atomic E-state index is 0.218. The summed E-state index contributed by atoms with van der Waals surface area (Å²) in [6, 6.07) is 14.7. The molecule has 1 heterocycles. The first-order valence-corrected chi connectivity index (χ1v) is 6.97. The second kappa shape index (κ2) is 5.67. The Morgan fingerprint density at radius 1 is 1.10 bits per heavy atom. The van der Waals surface area contributed by atoms with Crippen LogP contribution in [-0.2, 0) is 0 Å². The number of aromatic nitrogens is 1. The van der Waals surface area contributed by atoms with Gasteiger partial charge in [-0.15, -0.1) is 0 Å². The number of methoxy groups -OCH3 is 1. The van der Waals surface area contributed by atoms with Gasteiger partial charge in [-0.3, -0.25) is 0 Å². The molecule has 3 rings (SSSR count). The second-order valence-corrected chi connectivity index (χ2v) is 4.92. The summed E-state index contributed by atoms with van der Waals surface area (Å²) in [5.41, 5.74) is 1.33. The molecule has 0 aliphatic carbocycles. The summed E-state index contributed by atoms with van der Waals surface area (Å²) >= 11 is 10.5. The van der Waals surface area contributed by atoms with Crippen LogP contribution in [0, 0.1) is 4.84 Å². The molecule has 0 atom stereocenters. The van der Waals surface area contributed by atoms with Crippen molar-refractivity contribution in [2.24, 2.45) is 0 Å². The van der Waals surface area contributed by atoms with Crippen LogP contribution in [0.3, 0.4) is 0 Å². The molecule has 0 unspecified atom stereocenters. The summed E-state index contributed by atoms with van der Waals surface area (Å²) in [5.74, 6) is 1.33. The van der Waals surface area contributed by atoms with Gasteiger partial charge in [-0.2, -0.15) is 0 Å². The SMILES string of the molecule is COc1ccc2c(c1)oc(=S)n2C(=S)Oc1ccccc1. The molecule has 3 aromatic rings. The highest BCUT2D eigenvalue weighted by Gasteiger charge is 2.13. The monoisotopic (exact) mass is 317 g/mol. The van der Waals surface area contributed by atoms with Crippen molar-refractivity contribution in [1.82, 2.24) is 4.57 Å². The van der Waals surface area contributed by atoms with Crippen LogP contribution in [0.2, 0.25) is 0 Å². The van der Waals surface area contributed by atoms with Gasteiger partial charge in [-0.1, -0.05) is 18.2 Å². The number of oxazole rings is 1. The average molecular weight is 317 g/mol. The van der Waals surface area contributed by atoms with Gasteiger partial charge in [-0.05, 0) is 48.7 Å². The third-order valence-electron chi connectivity index (χ3n) is 2.92. The second-order valence-electron chi connectivity index (χ2n) is 4.22. The van der Waals surface area contributed by atoms with Gasteiger partial charge in [0.15, 0.2) is 5.58 Å². The normalized spacial score (nSPS) is 10.5. The first-order valence-electron chi connectivity index (χ1n) is 6.16. The van der Waals surface area contributed by atoms with Crippen molar-refractivity contribution in [1.29, 1.82) is 0 Å². The Labute approximate surface area is 131 Å². The molecular formula is C15H11NO3S2. The number of nitrogens with zero attached hydrogens (tertiary/aromatic N) is 1. The van der Waals surface area contributed by atoms with Gasteiger partial charge in [0.05, 0.1) is 12.6 Å². The molecule has 2 aromatic carbocycles. The Morgan fingerprint density at radius 3 is 2.57 bits per heavy atom. The largest absolute Gasteiger partial charge is 0.497 e. The van der Waals surface area contributed by atoms with Crippen LogP contribution in [0.1, 0.15) is 0 Å². The van der Waals surface area contributed by atoms with Gasteiger partial charge in [-0.25, -0.2) is 4.57 Å². The highest BCUT2D eigenvalue weighted by molar-refractivity contribution is 7.80. The number of ether oxygens (including phenoxy) is 2. The van der Waals surface area contributed by atoms with Crippen LogP contribution in [0.4, 0.5) is 0 Å². The fourth-order valence-corrected chi connectivity index (χ4v) is 2.54. The predicted molar refractivity (Wildman–Crippen MR) is 86.7 cm³/mol. The van der Waals surface area contributed by atoms with E-state index in [4.69, 9.17) is 38.3 Å². The maximum atomic E-state index is 5.64. The average Bonchev–Trinajstić information content (AvgIpc) is 2.83. The smallest absolute Gasteiger partial charge is 0.277 e. The zero-order valence-electron chi connectivity index (χ0n) is 11.1. The van der Waals surface area contributed by atoms with Crippen LogP contribution in [0.15, 0.2) is 52.9 Å². The molecule has 0 aliphatic rings. The van der Waals surface area contributed by atoms with E-state index in [0.29, 0.717) is 17.1 Å². The summed E-state index contributed by atoms with van der Waals surface area (Å²) in [4.78, 5) is 0.235. The Morgan fingerprint density at radius 2 is 1.86 bits per heavy atom. The molecule has 0 saturated carbocycles. The van der Waals surface area contributed by atoms with Crippen molar-refractivity contribution in [2.75, 3.05) is 7.11 Å². The lowest BCUT2D eigenvalue weighted by molar-refractivity contribution is 0.414. The molecule has 21 heavy (non-hydrogen) atoms. The summed E-state index contributed by atoms with van der Waals surface area (Å²) < 4.78 is 17.9. The summed E-state index contributed by atoms with van der Waals surface area (Å²) in [6.07, 6.45) is 0. The minimum absolute atomic E-state index is 0.218. The van der Waals surface area contributed by atoms with Crippen molar-refractivity contribution < 1.29 is 13.9 Å². The number of para-hydroxylation sites is 1. The van der Waals surface area contributed by atoms with Crippen molar-refractivity contribution in [3.8, 4) is 11.5 Å². The van der Waals surface area contributed by atoms with Gasteiger partial charge in [0.1, 0.15) is 11.5 Å². The van der Waals surface area contributed by atoms with E-state index < -0.39 is 0 Å². The quantitative estimate of drug-likeness (QED) is 0.663. The third kappa shape index (κ3) is 2.68. The van der Waals surface area contributed by atoms with Gasteiger partial charge >= 0.3 is 0 Å². The van der Waals surface area contributed by atoms with E-state index in [1.165, 1.54) is 0 Å². The molecule has 0 amide bonds. The molecule has 0 N–H and O–H groups in total. The van der Waals surface area contributed by atoms with Crippen LogP contribution in [-0.4, -0.2) is 16.9 Å². The molecule has 0 spiro atoms. The lowest BCUT2D eigenvalue weighted by Crippen LogP contribution is -2.16. The zero-order chi connectivity index (χ0) is 14.8. The highest BCUT2D eigenvalue weighted by atomic mass is 32.1. The number of hydrogen-bond acceptors (Lipinski definition) is 5. The van der Waals surface area contributed by atoms with Crippen molar-refractivity contribution >= 4 is 40.7 Å². The summed E-state index contributed by atoms with van der Waals surface area (Å²) in [5, 5.41) is 0.218. The van der Waals surface area contributed by atoms with Gasteiger partial charge in [0, 0.05) is 6.07 Å². The highest BCUT2D eigenvalue weighted by Crippen LogP contribution is 2.23. The van der Waals surface area contributed by atoms with Gasteiger partial charge < -0.3 is 13.9 Å². The molecule has 0 bridgehead atoms. The van der Waals surface area contributed by atoms with E-state index in [1.54, 1.807) is 17.7 Å². The summed E-state index contributed by atoms with van der Waals surface area (Å²) in [7, 11) is 1.59. The topological polar surface area (TPSA) is 36.5 Å². The molecule has 0 fully saturated rings. The maximum Gasteiger partial charge on any atom is 0.277 e. The predicted octanol–water partition coefficient (Wildman–Crippen LogP) is 4.18. The molecule has 1 aromatic heterocycles. The molecule has 0 saturated heterocycles. The molecule has 0 aliphatic heterocycles. The first-order chi connectivity index (χ1) is 10.2. The fourth-order valence-electron chi connectivity index (χ4n) is 1.93. The van der Waals surface area contributed by atoms with Crippen LogP contribution >= 0.6 is 24.4 Å². The minimum Gasteiger partial charge on any atom is -0.497 e. The van der Waals surface area contributed by atoms with E-state index in [0.717, 1.165) is 5.52 Å². The van der Waals surface area contributed by atoms with E-state index in [-0.39, 0.29) is 10.0 Å². The molecule has 6 heteroatoms. The van der Waals surface area contributed by atoms with Crippen molar-refractivity contribution in [2.45, 2.75) is 0 Å². The summed E-state index contributed by atoms with van der Waals surface area (Å²) in [6.45, 7) is 0.